The number of benzene rings is 1. The second kappa shape index (κ2) is 9.37. The van der Waals surface area contributed by atoms with Gasteiger partial charge >= 0.3 is 5.97 Å². The van der Waals surface area contributed by atoms with Crippen molar-refractivity contribution < 1.29 is 27.2 Å². The predicted molar refractivity (Wildman–Crippen MR) is 105 cm³/mol. The maximum atomic E-state index is 12.0. The summed E-state index contributed by atoms with van der Waals surface area (Å²) in [6.07, 6.45) is 1.89. The normalized spacial score (nSPS) is 15.7. The highest BCUT2D eigenvalue weighted by molar-refractivity contribution is 7.86. The Kier molecular flexibility index (Phi) is 6.89. The monoisotopic (exact) mass is 411 g/mol. The summed E-state index contributed by atoms with van der Waals surface area (Å²) in [6, 6.07) is 7.44. The van der Waals surface area contributed by atoms with E-state index in [0.717, 1.165) is 29.7 Å². The van der Waals surface area contributed by atoms with Crippen LogP contribution < -0.4 is 5.32 Å². The van der Waals surface area contributed by atoms with Crippen LogP contribution in [0.15, 0.2) is 30.5 Å². The minimum Gasteiger partial charge on any atom is -0.481 e. The van der Waals surface area contributed by atoms with Gasteiger partial charge < -0.3 is 19.7 Å². The van der Waals surface area contributed by atoms with Crippen molar-refractivity contribution in [2.24, 2.45) is 0 Å². The molecule has 0 atom stereocenters. The lowest BCUT2D eigenvalue weighted by Gasteiger charge is -2.26. The SMILES string of the molecule is O=C(O)CCn1ccc2cc(NCOS(=O)(=O)CCN3CCOCC3)ccc21. The molecular weight excluding hydrogens is 386 g/mol. The maximum Gasteiger partial charge on any atom is 0.305 e. The number of nitrogens with one attached hydrogen (secondary N) is 1. The number of fused-ring (bicyclic) bond motifs is 1. The summed E-state index contributed by atoms with van der Waals surface area (Å²) in [5.74, 6) is -0.896. The number of hydrogen-bond acceptors (Lipinski definition) is 7. The van der Waals surface area contributed by atoms with Crippen LogP contribution in [0.3, 0.4) is 0 Å². The topological polar surface area (TPSA) is 110 Å². The third-order valence-corrected chi connectivity index (χ3v) is 5.77. The zero-order valence-corrected chi connectivity index (χ0v) is 16.4. The first-order chi connectivity index (χ1) is 13.4. The molecule has 0 amide bonds. The largest absolute Gasteiger partial charge is 0.481 e. The van der Waals surface area contributed by atoms with Crippen LogP contribution >= 0.6 is 0 Å². The van der Waals surface area contributed by atoms with Crippen LogP contribution in [0.25, 0.3) is 10.9 Å². The van der Waals surface area contributed by atoms with Gasteiger partial charge in [0.05, 0.1) is 25.4 Å². The molecule has 9 nitrogen and oxygen atoms in total. The molecule has 0 radical (unpaired) electrons. The van der Waals surface area contributed by atoms with Crippen molar-refractivity contribution in [1.29, 1.82) is 0 Å². The van der Waals surface area contributed by atoms with Crippen LogP contribution in [0.1, 0.15) is 6.42 Å². The highest BCUT2D eigenvalue weighted by Crippen LogP contribution is 2.21. The molecule has 3 rings (SSSR count). The second-order valence-electron chi connectivity index (χ2n) is 6.58. The molecule has 0 spiro atoms. The zero-order chi connectivity index (χ0) is 20.0. The van der Waals surface area contributed by atoms with Crippen molar-refractivity contribution in [3.05, 3.63) is 30.5 Å². The smallest absolute Gasteiger partial charge is 0.305 e. The van der Waals surface area contributed by atoms with Crippen LogP contribution in [-0.4, -0.2) is 74.3 Å². The molecule has 1 aliphatic rings. The van der Waals surface area contributed by atoms with Crippen LogP contribution in [0.2, 0.25) is 0 Å². The van der Waals surface area contributed by atoms with Gasteiger partial charge in [-0.1, -0.05) is 0 Å². The van der Waals surface area contributed by atoms with E-state index in [9.17, 15) is 13.2 Å². The summed E-state index contributed by atoms with van der Waals surface area (Å²) in [5.41, 5.74) is 1.65. The number of anilines is 1. The molecule has 1 saturated heterocycles. The molecule has 2 aromatic rings. The number of hydrogen-bond donors (Lipinski definition) is 2. The van der Waals surface area contributed by atoms with Gasteiger partial charge in [0.2, 0.25) is 0 Å². The Labute approximate surface area is 164 Å². The van der Waals surface area contributed by atoms with Crippen LogP contribution in [0.4, 0.5) is 5.69 Å². The number of ether oxygens (including phenoxy) is 1. The molecule has 0 aliphatic carbocycles. The third-order valence-electron chi connectivity index (χ3n) is 4.61. The Morgan fingerprint density at radius 3 is 2.75 bits per heavy atom. The number of carbonyl (C=O) groups is 1. The van der Waals surface area contributed by atoms with Crippen molar-refractivity contribution in [2.75, 3.05) is 50.6 Å². The van der Waals surface area contributed by atoms with E-state index < -0.39 is 16.1 Å². The summed E-state index contributed by atoms with van der Waals surface area (Å²) in [7, 11) is -3.61. The number of aliphatic carboxylic acids is 1. The highest BCUT2D eigenvalue weighted by Gasteiger charge is 2.16. The van der Waals surface area contributed by atoms with Gasteiger partial charge in [0, 0.05) is 49.0 Å². The molecule has 28 heavy (non-hydrogen) atoms. The molecule has 2 N–H and O–H groups in total. The second-order valence-corrected chi connectivity index (χ2v) is 8.34. The minimum atomic E-state index is -3.61. The van der Waals surface area contributed by atoms with Gasteiger partial charge in [0.1, 0.15) is 6.73 Å². The first kappa shape index (κ1) is 20.6. The number of aryl methyl sites for hydroxylation is 1. The number of nitrogens with zero attached hydrogens (tertiary/aromatic N) is 2. The predicted octanol–water partition coefficient (Wildman–Crippen LogP) is 1.16. The van der Waals surface area contributed by atoms with Crippen LogP contribution in [0, 0.1) is 0 Å². The van der Waals surface area contributed by atoms with Gasteiger partial charge in [-0.15, -0.1) is 0 Å². The lowest BCUT2D eigenvalue weighted by Crippen LogP contribution is -2.39. The maximum absolute atomic E-state index is 12.0. The Hall–Kier alpha value is -2.14. The fourth-order valence-electron chi connectivity index (χ4n) is 3.05. The van der Waals surface area contributed by atoms with E-state index in [-0.39, 0.29) is 18.9 Å². The lowest BCUT2D eigenvalue weighted by atomic mass is 10.2. The Morgan fingerprint density at radius 2 is 2.00 bits per heavy atom. The number of aromatic nitrogens is 1. The Bertz CT molecular complexity index is 905. The van der Waals surface area contributed by atoms with Crippen molar-refractivity contribution >= 4 is 32.7 Å². The van der Waals surface area contributed by atoms with Crippen molar-refractivity contribution in [1.82, 2.24) is 9.47 Å². The third kappa shape index (κ3) is 5.93. The number of carboxylic acids is 1. The van der Waals surface area contributed by atoms with E-state index >= 15 is 0 Å². The van der Waals surface area contributed by atoms with Crippen LogP contribution in [-0.2, 0) is 30.4 Å². The average Bonchev–Trinajstić information content (AvgIpc) is 3.08. The molecular formula is C18H25N3O6S. The van der Waals surface area contributed by atoms with Gasteiger partial charge in [-0.25, -0.2) is 4.18 Å². The Balaban J connectivity index is 1.48. The number of carboxylic acid groups (broad SMARTS) is 1. The average molecular weight is 411 g/mol. The summed E-state index contributed by atoms with van der Waals surface area (Å²) in [4.78, 5) is 12.8. The first-order valence-electron chi connectivity index (χ1n) is 9.15. The molecule has 10 heteroatoms. The summed E-state index contributed by atoms with van der Waals surface area (Å²) in [5, 5.41) is 12.7. The quantitative estimate of drug-likeness (QED) is 0.443. The van der Waals surface area contributed by atoms with E-state index in [4.69, 9.17) is 14.0 Å². The molecule has 1 aliphatic heterocycles. The lowest BCUT2D eigenvalue weighted by molar-refractivity contribution is -0.137. The fourth-order valence-corrected chi connectivity index (χ4v) is 3.89. The van der Waals surface area contributed by atoms with Gasteiger partial charge in [0.25, 0.3) is 10.1 Å². The van der Waals surface area contributed by atoms with Gasteiger partial charge in [-0.05, 0) is 24.3 Å². The van der Waals surface area contributed by atoms with Gasteiger partial charge in [-0.2, -0.15) is 8.42 Å². The van der Waals surface area contributed by atoms with E-state index in [2.05, 4.69) is 5.32 Å². The molecule has 1 fully saturated rings. The number of morpholine rings is 1. The number of rotatable bonds is 10. The standard InChI is InChI=1S/C18H25N3O6S/c22-18(23)4-6-21-5-3-15-13-16(1-2-17(15)21)19-14-27-28(24,25)12-9-20-7-10-26-11-8-20/h1-3,5,13,19H,4,6-12,14H2,(H,22,23). The summed E-state index contributed by atoms with van der Waals surface area (Å²) < 4.78 is 36.2. The molecule has 0 saturated carbocycles. The van der Waals surface area contributed by atoms with E-state index in [1.165, 1.54) is 0 Å². The van der Waals surface area contributed by atoms with E-state index in [0.29, 0.717) is 26.3 Å². The Morgan fingerprint density at radius 1 is 1.21 bits per heavy atom. The van der Waals surface area contributed by atoms with Gasteiger partial charge in [-0.3, -0.25) is 9.69 Å². The molecule has 1 aromatic carbocycles. The molecule has 0 bridgehead atoms. The molecule has 0 unspecified atom stereocenters. The molecule has 154 valence electrons. The van der Waals surface area contributed by atoms with Crippen molar-refractivity contribution in [2.45, 2.75) is 13.0 Å². The van der Waals surface area contributed by atoms with Crippen molar-refractivity contribution in [3.63, 3.8) is 0 Å². The summed E-state index contributed by atoms with van der Waals surface area (Å²) in [6.45, 7) is 3.42. The fraction of sp³-hybridized carbons (Fsp3) is 0.500. The van der Waals surface area contributed by atoms with E-state index in [1.807, 2.05) is 39.9 Å². The van der Waals surface area contributed by atoms with E-state index in [1.54, 1.807) is 0 Å². The zero-order valence-electron chi connectivity index (χ0n) is 15.5. The molecule has 1 aromatic heterocycles. The minimum absolute atomic E-state index is 0.0554. The van der Waals surface area contributed by atoms with Crippen LogP contribution in [0.5, 0.6) is 0 Å². The first-order valence-corrected chi connectivity index (χ1v) is 10.7. The summed E-state index contributed by atoms with van der Waals surface area (Å²) >= 11 is 0. The molecule has 2 heterocycles. The highest BCUT2D eigenvalue weighted by atomic mass is 32.2. The van der Waals surface area contributed by atoms with Crippen molar-refractivity contribution in [3.8, 4) is 0 Å². The van der Waals surface area contributed by atoms with Gasteiger partial charge in [0.15, 0.2) is 0 Å².